The highest BCUT2D eigenvalue weighted by Crippen LogP contribution is 2.39. The van der Waals surface area contributed by atoms with Crippen LogP contribution in [-0.2, 0) is 0 Å². The monoisotopic (exact) mass is 367 g/mol. The largest absolute Gasteiger partial charge is 0.455 e. The Bertz CT molecular complexity index is 778. The predicted molar refractivity (Wildman–Crippen MR) is 86.0 cm³/mol. The van der Waals surface area contributed by atoms with E-state index in [0.717, 1.165) is 11.1 Å². The van der Waals surface area contributed by atoms with Crippen LogP contribution >= 0.6 is 39.1 Å². The van der Waals surface area contributed by atoms with Gasteiger partial charge in [-0.15, -0.1) is 0 Å². The number of nitrogens with zero attached hydrogens (tertiary/aromatic N) is 1. The Balaban J connectivity index is 2.18. The van der Waals surface area contributed by atoms with Crippen LogP contribution in [0, 0.1) is 0 Å². The maximum Gasteiger partial charge on any atom is 0.153 e. The highest BCUT2D eigenvalue weighted by molar-refractivity contribution is 9.10. The Labute approximate surface area is 134 Å². The van der Waals surface area contributed by atoms with Gasteiger partial charge < -0.3 is 4.74 Å². The molecule has 0 saturated carbocycles. The molecule has 2 aromatic carbocycles. The Kier molecular flexibility index (Phi) is 3.83. The molecule has 0 saturated heterocycles. The number of ether oxygens (including phenoxy) is 1. The molecule has 0 atom stereocenters. The smallest absolute Gasteiger partial charge is 0.153 e. The Morgan fingerprint density at radius 3 is 2.45 bits per heavy atom. The molecule has 2 nitrogen and oxygen atoms in total. The summed E-state index contributed by atoms with van der Waals surface area (Å²) in [6, 6.07) is 13.1. The van der Waals surface area contributed by atoms with E-state index in [4.69, 9.17) is 27.9 Å². The first-order valence-electron chi connectivity index (χ1n) is 5.82. The van der Waals surface area contributed by atoms with E-state index in [0.29, 0.717) is 25.8 Å². The van der Waals surface area contributed by atoms with Gasteiger partial charge in [-0.25, -0.2) is 0 Å². The fourth-order valence-corrected chi connectivity index (χ4v) is 2.89. The lowest BCUT2D eigenvalue weighted by Crippen LogP contribution is -1.90. The molecule has 3 rings (SSSR count). The minimum absolute atomic E-state index is 0.510. The average Bonchev–Trinajstić information content (AvgIpc) is 2.46. The van der Waals surface area contributed by atoms with Gasteiger partial charge >= 0.3 is 0 Å². The fourth-order valence-electron chi connectivity index (χ4n) is 1.88. The number of hydrogen-bond donors (Lipinski definition) is 0. The number of pyridine rings is 1. The predicted octanol–water partition coefficient (Wildman–Crippen LogP) is 6.10. The molecule has 5 heteroatoms. The second-order valence-corrected chi connectivity index (χ2v) is 5.71. The SMILES string of the molecule is Clc1cnc2c(Oc3ccccc3)ccc(Cl)c2c1Br. The molecular weight excluding hydrogens is 361 g/mol. The number of hydrogen-bond acceptors (Lipinski definition) is 2. The van der Waals surface area contributed by atoms with Gasteiger partial charge in [0.15, 0.2) is 5.75 Å². The molecule has 100 valence electrons. The number of halogens is 3. The summed E-state index contributed by atoms with van der Waals surface area (Å²) in [5.41, 5.74) is 0.664. The lowest BCUT2D eigenvalue weighted by Gasteiger charge is -2.11. The van der Waals surface area contributed by atoms with Gasteiger partial charge in [0.05, 0.1) is 10.0 Å². The van der Waals surface area contributed by atoms with E-state index in [1.54, 1.807) is 18.3 Å². The van der Waals surface area contributed by atoms with Crippen molar-refractivity contribution < 1.29 is 4.74 Å². The van der Waals surface area contributed by atoms with Crippen LogP contribution in [0.3, 0.4) is 0 Å². The van der Waals surface area contributed by atoms with Crippen LogP contribution in [-0.4, -0.2) is 4.98 Å². The number of aromatic nitrogens is 1. The lowest BCUT2D eigenvalue weighted by atomic mass is 10.2. The van der Waals surface area contributed by atoms with Gasteiger partial charge in [-0.05, 0) is 40.2 Å². The van der Waals surface area contributed by atoms with Gasteiger partial charge in [0.1, 0.15) is 11.3 Å². The number of benzene rings is 2. The van der Waals surface area contributed by atoms with Crippen LogP contribution in [0.1, 0.15) is 0 Å². The van der Waals surface area contributed by atoms with E-state index in [1.165, 1.54) is 0 Å². The summed E-state index contributed by atoms with van der Waals surface area (Å²) in [6.07, 6.45) is 1.57. The second-order valence-electron chi connectivity index (χ2n) is 4.10. The van der Waals surface area contributed by atoms with Crippen LogP contribution in [0.15, 0.2) is 53.1 Å². The van der Waals surface area contributed by atoms with Crippen LogP contribution in [0.4, 0.5) is 0 Å². The first kappa shape index (κ1) is 13.7. The molecule has 20 heavy (non-hydrogen) atoms. The van der Waals surface area contributed by atoms with Gasteiger partial charge in [0, 0.05) is 16.1 Å². The summed E-state index contributed by atoms with van der Waals surface area (Å²) in [5.74, 6) is 1.37. The van der Waals surface area contributed by atoms with Crippen molar-refractivity contribution in [3.8, 4) is 11.5 Å². The third kappa shape index (κ3) is 2.49. The minimum Gasteiger partial charge on any atom is -0.455 e. The number of fused-ring (bicyclic) bond motifs is 1. The third-order valence-electron chi connectivity index (χ3n) is 2.80. The Morgan fingerprint density at radius 1 is 0.950 bits per heavy atom. The van der Waals surface area contributed by atoms with E-state index in [9.17, 15) is 0 Å². The zero-order valence-electron chi connectivity index (χ0n) is 10.1. The van der Waals surface area contributed by atoms with Crippen LogP contribution in [0.5, 0.6) is 11.5 Å². The summed E-state index contributed by atoms with van der Waals surface area (Å²) in [5, 5.41) is 1.83. The van der Waals surface area contributed by atoms with Crippen LogP contribution in [0.2, 0.25) is 10.0 Å². The molecule has 0 amide bonds. The maximum atomic E-state index is 6.23. The van der Waals surface area contributed by atoms with Crippen LogP contribution < -0.4 is 4.74 Å². The maximum absolute atomic E-state index is 6.23. The van der Waals surface area contributed by atoms with E-state index < -0.39 is 0 Å². The zero-order valence-corrected chi connectivity index (χ0v) is 13.2. The van der Waals surface area contributed by atoms with Crippen molar-refractivity contribution in [1.29, 1.82) is 0 Å². The molecular formula is C15H8BrCl2NO. The van der Waals surface area contributed by atoms with Crippen molar-refractivity contribution in [2.45, 2.75) is 0 Å². The molecule has 0 radical (unpaired) electrons. The van der Waals surface area contributed by atoms with E-state index in [2.05, 4.69) is 20.9 Å². The fraction of sp³-hybridized carbons (Fsp3) is 0. The molecule has 0 fully saturated rings. The summed E-state index contributed by atoms with van der Waals surface area (Å²) >= 11 is 15.7. The molecule has 0 unspecified atom stereocenters. The van der Waals surface area contributed by atoms with E-state index in [-0.39, 0.29) is 0 Å². The van der Waals surface area contributed by atoms with Gasteiger partial charge in [0.25, 0.3) is 0 Å². The second kappa shape index (κ2) is 5.60. The van der Waals surface area contributed by atoms with E-state index in [1.807, 2.05) is 30.3 Å². The Morgan fingerprint density at radius 2 is 1.70 bits per heavy atom. The molecule has 0 bridgehead atoms. The molecule has 1 aromatic heterocycles. The topological polar surface area (TPSA) is 22.1 Å². The van der Waals surface area contributed by atoms with Gasteiger partial charge in [-0.2, -0.15) is 0 Å². The minimum atomic E-state index is 0.510. The lowest BCUT2D eigenvalue weighted by molar-refractivity contribution is 0.487. The number of para-hydroxylation sites is 1. The quantitative estimate of drug-likeness (QED) is 0.545. The normalized spacial score (nSPS) is 10.8. The third-order valence-corrected chi connectivity index (χ3v) is 4.45. The van der Waals surface area contributed by atoms with E-state index >= 15 is 0 Å². The standard InChI is InChI=1S/C15H8BrCl2NO/c16-14-11(18)8-19-15-12(7-6-10(17)13(14)15)20-9-4-2-1-3-5-9/h1-8H. The summed E-state index contributed by atoms with van der Waals surface area (Å²) < 4.78 is 6.57. The van der Waals surface area contributed by atoms with Crippen molar-refractivity contribution in [2.75, 3.05) is 0 Å². The van der Waals surface area contributed by atoms with Gasteiger partial charge in [-0.3, -0.25) is 4.98 Å². The average molecular weight is 369 g/mol. The highest BCUT2D eigenvalue weighted by atomic mass is 79.9. The van der Waals surface area contributed by atoms with Crippen molar-refractivity contribution in [1.82, 2.24) is 4.98 Å². The molecule has 0 spiro atoms. The first-order chi connectivity index (χ1) is 9.66. The number of rotatable bonds is 2. The highest BCUT2D eigenvalue weighted by Gasteiger charge is 2.13. The molecule has 0 aliphatic carbocycles. The van der Waals surface area contributed by atoms with Crippen molar-refractivity contribution in [3.05, 3.63) is 63.2 Å². The van der Waals surface area contributed by atoms with Crippen molar-refractivity contribution >= 4 is 50.0 Å². The Hall–Kier alpha value is -1.29. The summed E-state index contributed by atoms with van der Waals surface area (Å²) in [7, 11) is 0. The molecule has 0 N–H and O–H groups in total. The first-order valence-corrected chi connectivity index (χ1v) is 7.37. The van der Waals surface area contributed by atoms with Crippen LogP contribution in [0.25, 0.3) is 10.9 Å². The van der Waals surface area contributed by atoms with Crippen molar-refractivity contribution in [3.63, 3.8) is 0 Å². The van der Waals surface area contributed by atoms with Crippen molar-refractivity contribution in [2.24, 2.45) is 0 Å². The molecule has 1 heterocycles. The molecule has 0 aliphatic rings. The summed E-state index contributed by atoms with van der Waals surface area (Å²) in [6.45, 7) is 0. The molecule has 0 aliphatic heterocycles. The zero-order chi connectivity index (χ0) is 14.1. The molecule has 3 aromatic rings. The van der Waals surface area contributed by atoms with Gasteiger partial charge in [-0.1, -0.05) is 41.4 Å². The van der Waals surface area contributed by atoms with Gasteiger partial charge in [0.2, 0.25) is 0 Å². The summed E-state index contributed by atoms with van der Waals surface area (Å²) in [4.78, 5) is 4.33.